The molecule has 1 aromatic heterocycles. The van der Waals surface area contributed by atoms with Crippen LogP contribution in [0.2, 0.25) is 0 Å². The van der Waals surface area contributed by atoms with Crippen molar-refractivity contribution in [2.75, 3.05) is 0 Å². The molecule has 1 saturated heterocycles. The third-order valence-corrected chi connectivity index (χ3v) is 8.00. The average Bonchev–Trinajstić information content (AvgIpc) is 3.20. The second-order valence-corrected chi connectivity index (χ2v) is 12.3. The van der Waals surface area contributed by atoms with E-state index in [4.69, 9.17) is 9.47 Å². The van der Waals surface area contributed by atoms with E-state index in [0.29, 0.717) is 25.0 Å². The third kappa shape index (κ3) is 8.19. The summed E-state index contributed by atoms with van der Waals surface area (Å²) in [6, 6.07) is 3.29. The van der Waals surface area contributed by atoms with Gasteiger partial charge in [0.2, 0.25) is 0 Å². The lowest BCUT2D eigenvalue weighted by Crippen LogP contribution is -2.54. The Morgan fingerprint density at radius 3 is 2.06 bits per heavy atom. The number of pyridine rings is 1. The maximum atomic E-state index is 14.8. The molecule has 1 atom stereocenters. The fourth-order valence-electron chi connectivity index (χ4n) is 5.33. The number of rotatable bonds is 13. The zero-order valence-electron chi connectivity index (χ0n) is 28.2. The first-order valence-electron chi connectivity index (χ1n) is 15.6. The molecule has 3 rings (SSSR count). The number of amides is 3. The van der Waals surface area contributed by atoms with Crippen molar-refractivity contribution >= 4 is 11.9 Å². The number of carbonyl (C=O) groups is 2. The summed E-state index contributed by atoms with van der Waals surface area (Å²) < 4.78 is 109. The van der Waals surface area contributed by atoms with E-state index in [9.17, 15) is 45.4 Å². The highest BCUT2D eigenvalue weighted by Crippen LogP contribution is 2.51. The number of aryl methyl sites for hydroxylation is 2. The first kappa shape index (κ1) is 39.3. The Labute approximate surface area is 280 Å². The summed E-state index contributed by atoms with van der Waals surface area (Å²) in [6.07, 6.45) is -9.31. The minimum absolute atomic E-state index is 0.00260. The Kier molecular flexibility index (Phi) is 11.8. The molecular weight excluding hydrogens is 663 g/mol. The van der Waals surface area contributed by atoms with Crippen LogP contribution in [0.1, 0.15) is 83.7 Å². The van der Waals surface area contributed by atoms with E-state index in [1.165, 1.54) is 39.1 Å². The number of urea groups is 1. The molecule has 3 amide bonds. The second-order valence-electron chi connectivity index (χ2n) is 12.3. The van der Waals surface area contributed by atoms with Gasteiger partial charge in [-0.15, -0.1) is 0 Å². The molecule has 1 fully saturated rings. The van der Waals surface area contributed by atoms with Crippen molar-refractivity contribution in [1.29, 1.82) is 0 Å². The number of halogens is 7. The van der Waals surface area contributed by atoms with E-state index in [2.05, 4.69) is 10.3 Å². The van der Waals surface area contributed by atoms with E-state index in [0.717, 1.165) is 11.0 Å². The van der Waals surface area contributed by atoms with Crippen LogP contribution in [0.15, 0.2) is 53.7 Å². The predicted molar refractivity (Wildman–Crippen MR) is 166 cm³/mol. The van der Waals surface area contributed by atoms with Gasteiger partial charge in [-0.3, -0.25) is 14.7 Å². The van der Waals surface area contributed by atoms with Gasteiger partial charge in [-0.2, -0.15) is 26.3 Å². The minimum atomic E-state index is -6.06. The summed E-state index contributed by atoms with van der Waals surface area (Å²) in [7, 11) is 0. The SMILES string of the molecule is CCCc1cc(C(O)(C(F)(F)F)C(F)(F)F)cc(CCC)c1Oc1ccnc(CN2C(=O)NC(C)(/C(C)=C/C(F)=C(\C)OC(C)C)C2=O)c1. The molecule has 0 spiro atoms. The van der Waals surface area contributed by atoms with Gasteiger partial charge in [-0.25, -0.2) is 9.18 Å². The molecular formula is C34H40F7N3O5. The standard InChI is InChI=1S/C34H40F7N3O5/c1-8-10-22-15-24(32(47,33(36,37)38)34(39,40)41)16-23(11-9-2)28(22)49-26-12-13-42-25(17-26)18-44-29(45)31(7,43-30(44)46)20(5)14-27(35)21(6)48-19(3)4/h12-17,19,47H,8-11,18H2,1-7H3,(H,43,46)/b20-14+,27-21-. The quantitative estimate of drug-likeness (QED) is 0.0940. The number of ether oxygens (including phenoxy) is 2. The zero-order valence-corrected chi connectivity index (χ0v) is 28.2. The van der Waals surface area contributed by atoms with Crippen molar-refractivity contribution in [3.63, 3.8) is 0 Å². The molecule has 1 unspecified atom stereocenters. The van der Waals surface area contributed by atoms with Crippen LogP contribution in [-0.4, -0.2) is 50.9 Å². The maximum absolute atomic E-state index is 14.8. The molecule has 0 saturated carbocycles. The fraction of sp³-hybridized carbons (Fsp3) is 0.500. The topological polar surface area (TPSA) is 101 Å². The van der Waals surface area contributed by atoms with Gasteiger partial charge in [0.1, 0.15) is 22.8 Å². The van der Waals surface area contributed by atoms with Crippen LogP contribution in [0.4, 0.5) is 35.5 Å². The predicted octanol–water partition coefficient (Wildman–Crippen LogP) is 8.47. The Morgan fingerprint density at radius 2 is 1.57 bits per heavy atom. The smallest absolute Gasteiger partial charge is 0.430 e. The van der Waals surface area contributed by atoms with Crippen LogP contribution in [0, 0.1) is 0 Å². The number of nitrogens with one attached hydrogen (secondary N) is 1. The molecule has 0 aliphatic carbocycles. The summed E-state index contributed by atoms with van der Waals surface area (Å²) in [6.45, 7) is 10.8. The van der Waals surface area contributed by atoms with Gasteiger partial charge in [0, 0.05) is 17.8 Å². The first-order valence-corrected chi connectivity index (χ1v) is 15.6. The van der Waals surface area contributed by atoms with E-state index in [1.807, 2.05) is 0 Å². The molecule has 270 valence electrons. The molecule has 0 bridgehead atoms. The number of alkyl halides is 6. The van der Waals surface area contributed by atoms with Gasteiger partial charge in [0.25, 0.3) is 11.5 Å². The summed E-state index contributed by atoms with van der Waals surface area (Å²) in [5, 5.41) is 12.7. The number of aliphatic hydroxyl groups is 1. The molecule has 1 aliphatic rings. The van der Waals surface area contributed by atoms with Crippen LogP contribution >= 0.6 is 0 Å². The number of hydrogen-bond donors (Lipinski definition) is 2. The number of carbonyl (C=O) groups excluding carboxylic acids is 2. The number of hydrogen-bond acceptors (Lipinski definition) is 6. The summed E-state index contributed by atoms with van der Waals surface area (Å²) in [5.74, 6) is -1.32. The van der Waals surface area contributed by atoms with Crippen molar-refractivity contribution in [2.24, 2.45) is 0 Å². The van der Waals surface area contributed by atoms with Crippen molar-refractivity contribution in [3.05, 3.63) is 76.1 Å². The first-order chi connectivity index (χ1) is 22.6. The lowest BCUT2D eigenvalue weighted by atomic mass is 9.87. The largest absolute Gasteiger partial charge is 0.493 e. The lowest BCUT2D eigenvalue weighted by molar-refractivity contribution is -0.376. The highest BCUT2D eigenvalue weighted by atomic mass is 19.4. The van der Waals surface area contributed by atoms with Gasteiger partial charge in [0.15, 0.2) is 5.83 Å². The Hall–Kier alpha value is -4.14. The highest BCUT2D eigenvalue weighted by molar-refractivity contribution is 6.08. The van der Waals surface area contributed by atoms with Crippen molar-refractivity contribution < 1.29 is 54.9 Å². The molecule has 2 heterocycles. The van der Waals surface area contributed by atoms with Crippen LogP contribution in [0.3, 0.4) is 0 Å². The van der Waals surface area contributed by atoms with E-state index in [-0.39, 0.29) is 65.1 Å². The van der Waals surface area contributed by atoms with Crippen molar-refractivity contribution in [2.45, 2.75) is 110 Å². The molecule has 2 N–H and O–H groups in total. The molecule has 49 heavy (non-hydrogen) atoms. The van der Waals surface area contributed by atoms with Crippen LogP contribution in [0.5, 0.6) is 11.5 Å². The third-order valence-electron chi connectivity index (χ3n) is 8.00. The highest BCUT2D eigenvalue weighted by Gasteiger charge is 2.71. The van der Waals surface area contributed by atoms with Crippen LogP contribution in [0.25, 0.3) is 0 Å². The van der Waals surface area contributed by atoms with Crippen LogP contribution in [-0.2, 0) is 34.5 Å². The van der Waals surface area contributed by atoms with E-state index < -0.39 is 46.8 Å². The lowest BCUT2D eigenvalue weighted by Gasteiger charge is -2.33. The molecule has 2 aromatic rings. The van der Waals surface area contributed by atoms with Gasteiger partial charge in [-0.05, 0) is 88.4 Å². The summed E-state index contributed by atoms with van der Waals surface area (Å²) >= 11 is 0. The van der Waals surface area contributed by atoms with Gasteiger partial charge in [0.05, 0.1) is 18.3 Å². The molecule has 1 aromatic carbocycles. The summed E-state index contributed by atoms with van der Waals surface area (Å²) in [5.41, 5.74) is -7.70. The summed E-state index contributed by atoms with van der Waals surface area (Å²) in [4.78, 5) is 31.5. The number of nitrogens with zero attached hydrogens (tertiary/aromatic N) is 2. The van der Waals surface area contributed by atoms with Crippen LogP contribution < -0.4 is 10.1 Å². The fourth-order valence-corrected chi connectivity index (χ4v) is 5.33. The van der Waals surface area contributed by atoms with E-state index >= 15 is 0 Å². The molecule has 15 heteroatoms. The molecule has 8 nitrogen and oxygen atoms in total. The van der Waals surface area contributed by atoms with Crippen molar-refractivity contribution in [3.8, 4) is 11.5 Å². The number of benzene rings is 1. The number of allylic oxidation sites excluding steroid dienone is 3. The number of imide groups is 1. The Bertz CT molecular complexity index is 1580. The van der Waals surface area contributed by atoms with Gasteiger partial charge >= 0.3 is 18.4 Å². The minimum Gasteiger partial charge on any atom is -0.493 e. The zero-order chi connectivity index (χ0) is 37.1. The van der Waals surface area contributed by atoms with Gasteiger partial charge in [-0.1, -0.05) is 26.7 Å². The Balaban J connectivity index is 1.98. The molecule has 0 radical (unpaired) electrons. The average molecular weight is 704 g/mol. The van der Waals surface area contributed by atoms with Crippen molar-refractivity contribution in [1.82, 2.24) is 15.2 Å². The van der Waals surface area contributed by atoms with Gasteiger partial charge < -0.3 is 19.9 Å². The normalized spacial score (nSPS) is 18.2. The number of aromatic nitrogens is 1. The monoisotopic (exact) mass is 703 g/mol. The van der Waals surface area contributed by atoms with E-state index in [1.54, 1.807) is 27.7 Å². The maximum Gasteiger partial charge on any atom is 0.430 e. The Morgan fingerprint density at radius 1 is 1.02 bits per heavy atom. The molecule has 1 aliphatic heterocycles. The second kappa shape index (κ2) is 14.8.